The molecular formula is C104H66N4O2. The molecule has 6 nitrogen and oxygen atoms in total. The van der Waals surface area contributed by atoms with Crippen molar-refractivity contribution in [1.82, 2.24) is 9.13 Å². The van der Waals surface area contributed by atoms with Crippen LogP contribution >= 0.6 is 0 Å². The molecule has 0 radical (unpaired) electrons. The topological polar surface area (TPSA) is 42.6 Å². The molecule has 0 amide bonds. The molecule has 22 rings (SSSR count). The van der Waals surface area contributed by atoms with E-state index in [0.29, 0.717) is 0 Å². The van der Waals surface area contributed by atoms with Crippen LogP contribution in [0.3, 0.4) is 0 Å². The number of para-hydroxylation sites is 8. The van der Waals surface area contributed by atoms with Crippen LogP contribution in [-0.2, 0) is 0 Å². The first-order valence-electron chi connectivity index (χ1n) is 37.6. The lowest BCUT2D eigenvalue weighted by Gasteiger charge is -2.30. The normalized spacial score (nSPS) is 11.8. The molecule has 6 heteroatoms. The lowest BCUT2D eigenvalue weighted by atomic mass is 9.92. The Kier molecular flexibility index (Phi) is 14.5. The van der Waals surface area contributed by atoms with Crippen molar-refractivity contribution in [3.63, 3.8) is 0 Å². The molecule has 0 aliphatic carbocycles. The Hall–Kier alpha value is -14.7. The quantitative estimate of drug-likeness (QED) is 0.115. The van der Waals surface area contributed by atoms with Crippen molar-refractivity contribution in [2.45, 2.75) is 0 Å². The van der Waals surface area contributed by atoms with E-state index < -0.39 is 0 Å². The highest BCUT2D eigenvalue weighted by molar-refractivity contribution is 6.19. The van der Waals surface area contributed by atoms with Gasteiger partial charge in [-0.2, -0.15) is 0 Å². The van der Waals surface area contributed by atoms with Crippen molar-refractivity contribution in [2.75, 3.05) is 9.80 Å². The van der Waals surface area contributed by atoms with Gasteiger partial charge in [0.25, 0.3) is 0 Å². The second-order valence-corrected chi connectivity index (χ2v) is 28.5. The highest BCUT2D eigenvalue weighted by Gasteiger charge is 2.27. The number of hydrogen-bond donors (Lipinski definition) is 0. The largest absolute Gasteiger partial charge is 0.456 e. The molecule has 514 valence electrons. The zero-order valence-corrected chi connectivity index (χ0v) is 59.7. The number of nitrogens with zero attached hydrogens (tertiary/aromatic N) is 4. The van der Waals surface area contributed by atoms with Gasteiger partial charge < -0.3 is 27.8 Å². The van der Waals surface area contributed by atoms with Crippen LogP contribution in [-0.4, -0.2) is 9.13 Å². The maximum Gasteiger partial charge on any atom is 0.136 e. The van der Waals surface area contributed by atoms with E-state index in [1.54, 1.807) is 0 Å². The first-order chi connectivity index (χ1) is 54.6. The summed E-state index contributed by atoms with van der Waals surface area (Å²) >= 11 is 0. The molecule has 0 atom stereocenters. The van der Waals surface area contributed by atoms with E-state index in [2.05, 4.69) is 407 Å². The third kappa shape index (κ3) is 10.0. The van der Waals surface area contributed by atoms with Crippen LogP contribution in [0.5, 0.6) is 0 Å². The second kappa shape index (κ2) is 25.5. The lowest BCUT2D eigenvalue weighted by Crippen LogP contribution is -2.12. The van der Waals surface area contributed by atoms with E-state index in [9.17, 15) is 0 Å². The molecule has 4 aromatic heterocycles. The van der Waals surface area contributed by atoms with Gasteiger partial charge in [0.1, 0.15) is 22.3 Å². The van der Waals surface area contributed by atoms with Gasteiger partial charge in [0, 0.05) is 88.2 Å². The van der Waals surface area contributed by atoms with E-state index in [1.807, 2.05) is 12.1 Å². The lowest BCUT2D eigenvalue weighted by molar-refractivity contribution is 0.668. The smallest absolute Gasteiger partial charge is 0.136 e. The monoisotopic (exact) mass is 1400 g/mol. The van der Waals surface area contributed by atoms with Crippen molar-refractivity contribution in [2.24, 2.45) is 0 Å². The number of fused-ring (bicyclic) bond motifs is 14. The molecule has 0 spiro atoms. The fourth-order valence-corrected chi connectivity index (χ4v) is 17.7. The van der Waals surface area contributed by atoms with E-state index in [1.165, 1.54) is 48.9 Å². The van der Waals surface area contributed by atoms with Gasteiger partial charge in [-0.3, -0.25) is 0 Å². The number of rotatable bonds is 13. The van der Waals surface area contributed by atoms with Crippen molar-refractivity contribution < 1.29 is 8.83 Å². The zero-order valence-electron chi connectivity index (χ0n) is 59.7. The summed E-state index contributed by atoms with van der Waals surface area (Å²) in [6.07, 6.45) is 0. The van der Waals surface area contributed by atoms with Gasteiger partial charge in [-0.15, -0.1) is 0 Å². The Morgan fingerprint density at radius 3 is 1.18 bits per heavy atom. The molecule has 22 aromatic rings. The second-order valence-electron chi connectivity index (χ2n) is 28.5. The van der Waals surface area contributed by atoms with Crippen LogP contribution in [0.2, 0.25) is 0 Å². The van der Waals surface area contributed by atoms with Gasteiger partial charge in [0.15, 0.2) is 0 Å². The predicted octanol–water partition coefficient (Wildman–Crippen LogP) is 29.3. The first kappa shape index (κ1) is 62.6. The van der Waals surface area contributed by atoms with Crippen LogP contribution in [0.4, 0.5) is 34.1 Å². The SMILES string of the molecule is c1cc(-c2cccc3ccccc23)cc(N(c2ccc(-n3c4ccccc4c4c(-c5ccc6cccc(-c7ccccc7N(c7ccc(-n8c9ccccc9c9ccccc98)cc7)c7ccccc7-c7cccc8oc9ccccc9c78)c6c5)cccc43)cc2)c2ccccc2-c2cccc3oc4ccccc4c23)c1. The summed E-state index contributed by atoms with van der Waals surface area (Å²) < 4.78 is 18.0. The molecule has 18 aromatic carbocycles. The van der Waals surface area contributed by atoms with Crippen LogP contribution < -0.4 is 9.80 Å². The summed E-state index contributed by atoms with van der Waals surface area (Å²) in [6.45, 7) is 0. The summed E-state index contributed by atoms with van der Waals surface area (Å²) in [7, 11) is 0. The first-order valence-corrected chi connectivity index (χ1v) is 37.6. The minimum absolute atomic E-state index is 0.855. The Labute approximate surface area is 634 Å². The maximum absolute atomic E-state index is 6.59. The van der Waals surface area contributed by atoms with Gasteiger partial charge in [-0.25, -0.2) is 0 Å². The van der Waals surface area contributed by atoms with Crippen LogP contribution in [0.25, 0.3) is 176 Å². The van der Waals surface area contributed by atoms with E-state index in [-0.39, 0.29) is 0 Å². The van der Waals surface area contributed by atoms with Crippen LogP contribution in [0.1, 0.15) is 0 Å². The standard InChI is InChI=1S/C104H66N4O2/c1-2-30-76-67(25-1)26-20-39-77(76)69-28-19-29-75(65-69)105(91-44-11-6-34-83(91)85-42-23-53-100-103(85)88-37-9-17-51-98(88)109-100)71-57-59-74(60-58-71)108-96-49-16-8-36-87(96)102-78(40-22-50-97(102)108)70-56-55-68-27-21-41-79(90(68)66-70)80-31-3-12-45-92(80)106(72-61-63-73(64-62-72)107-93-46-13-4-32-81(93)82-33-5-14-47-94(82)107)95-48-15-7-35-84(95)86-43-24-54-101-104(86)89-38-10-18-52-99(89)110-101/h1-66H. The molecule has 0 aliphatic heterocycles. The number of aromatic nitrogens is 2. The molecule has 0 unspecified atom stereocenters. The zero-order chi connectivity index (χ0) is 72.3. The minimum Gasteiger partial charge on any atom is -0.456 e. The number of hydrogen-bond acceptors (Lipinski definition) is 4. The Morgan fingerprint density at radius 2 is 0.573 bits per heavy atom. The molecule has 4 heterocycles. The maximum atomic E-state index is 6.59. The molecule has 110 heavy (non-hydrogen) atoms. The van der Waals surface area contributed by atoms with Gasteiger partial charge in [-0.1, -0.05) is 267 Å². The summed E-state index contributed by atoms with van der Waals surface area (Å²) in [5, 5.41) is 13.9. The summed E-state index contributed by atoms with van der Waals surface area (Å²) in [5.41, 5.74) is 27.7. The molecule has 0 aliphatic rings. The number of anilines is 6. The molecule has 0 saturated carbocycles. The average Bonchev–Trinajstić information content (AvgIpc) is 1.47. The number of furan rings is 2. The average molecular weight is 1400 g/mol. The van der Waals surface area contributed by atoms with Crippen molar-refractivity contribution in [3.05, 3.63) is 400 Å². The van der Waals surface area contributed by atoms with Gasteiger partial charge in [0.05, 0.1) is 39.1 Å². The molecule has 0 N–H and O–H groups in total. The van der Waals surface area contributed by atoms with E-state index >= 15 is 0 Å². The Morgan fingerprint density at radius 1 is 0.191 bits per heavy atom. The fraction of sp³-hybridized carbons (Fsp3) is 0. The van der Waals surface area contributed by atoms with Gasteiger partial charge >= 0.3 is 0 Å². The van der Waals surface area contributed by atoms with Crippen LogP contribution in [0.15, 0.2) is 409 Å². The Balaban J connectivity index is 0.682. The third-order valence-corrected chi connectivity index (χ3v) is 22.5. The molecular weight excluding hydrogens is 1340 g/mol. The van der Waals surface area contributed by atoms with Crippen molar-refractivity contribution in [1.29, 1.82) is 0 Å². The van der Waals surface area contributed by atoms with E-state index in [0.717, 1.165) is 161 Å². The summed E-state index contributed by atoms with van der Waals surface area (Å²) in [4.78, 5) is 4.90. The highest BCUT2D eigenvalue weighted by Crippen LogP contribution is 2.51. The van der Waals surface area contributed by atoms with Crippen molar-refractivity contribution in [3.8, 4) is 67.0 Å². The molecule has 0 fully saturated rings. The van der Waals surface area contributed by atoms with E-state index in [4.69, 9.17) is 8.83 Å². The third-order valence-electron chi connectivity index (χ3n) is 22.5. The minimum atomic E-state index is 0.855. The van der Waals surface area contributed by atoms with Gasteiger partial charge in [0.2, 0.25) is 0 Å². The number of benzene rings is 18. The van der Waals surface area contributed by atoms with Crippen molar-refractivity contribution >= 4 is 143 Å². The summed E-state index contributed by atoms with van der Waals surface area (Å²) in [5.74, 6) is 0. The molecule has 0 bridgehead atoms. The van der Waals surface area contributed by atoms with Crippen LogP contribution in [0, 0.1) is 0 Å². The summed E-state index contributed by atoms with van der Waals surface area (Å²) in [6, 6.07) is 146. The van der Waals surface area contributed by atoms with Gasteiger partial charge in [-0.05, 0) is 194 Å². The predicted molar refractivity (Wildman–Crippen MR) is 461 cm³/mol. The Bertz CT molecular complexity index is 7380. The fourth-order valence-electron chi connectivity index (χ4n) is 17.7. The highest BCUT2D eigenvalue weighted by atomic mass is 16.3. The molecule has 0 saturated heterocycles.